The number of aliphatic hydroxyl groups is 1. The number of β-lactam (4-membered cyclic amide) rings is 1. The molecule has 204 valence electrons. The number of carboxylic acids is 1. The molecule has 0 aromatic carbocycles. The minimum absolute atomic E-state index is 0. The third kappa shape index (κ3) is 6.09. The van der Waals surface area contributed by atoms with Crippen molar-refractivity contribution in [1.82, 2.24) is 35.4 Å². The Morgan fingerprint density at radius 3 is 2.89 bits per heavy atom. The van der Waals surface area contributed by atoms with Crippen LogP contribution in [0.3, 0.4) is 0 Å². The van der Waals surface area contributed by atoms with Crippen LogP contribution in [0.5, 0.6) is 0 Å². The lowest BCUT2D eigenvalue weighted by molar-refractivity contribution is -0.150. The molecule has 2 aromatic rings. The molecule has 4 rings (SSSR count). The number of thiazole rings is 1. The highest BCUT2D eigenvalue weighted by Gasteiger charge is 2.54. The van der Waals surface area contributed by atoms with Crippen LogP contribution in [0.15, 0.2) is 39.6 Å². The summed E-state index contributed by atoms with van der Waals surface area (Å²) in [4.78, 5) is 48.4. The maximum atomic E-state index is 13.0. The number of nitrogens with two attached hydrogens (primary N) is 1. The molecule has 0 spiro atoms. The molecular weight excluding hydrogens is 582 g/mol. The van der Waals surface area contributed by atoms with Gasteiger partial charge in [-0.3, -0.25) is 14.5 Å². The van der Waals surface area contributed by atoms with Crippen molar-refractivity contribution in [2.24, 2.45) is 5.16 Å². The topological polar surface area (TPSA) is 211 Å². The van der Waals surface area contributed by atoms with E-state index in [1.165, 1.54) is 44.6 Å². The number of nitrogens with one attached hydrogen (secondary N) is 1. The van der Waals surface area contributed by atoms with Gasteiger partial charge in [0.15, 0.2) is 10.8 Å². The normalized spacial score (nSPS) is 18.8. The Hall–Kier alpha value is -3.19. The Bertz CT molecular complexity index is 1280. The fourth-order valence-corrected chi connectivity index (χ4v) is 6.38. The summed E-state index contributed by atoms with van der Waals surface area (Å²) in [6.07, 6.45) is 1.45. The Morgan fingerprint density at radius 1 is 1.45 bits per heavy atom. The van der Waals surface area contributed by atoms with E-state index in [1.807, 2.05) is 0 Å². The Morgan fingerprint density at radius 2 is 2.24 bits per heavy atom. The van der Waals surface area contributed by atoms with E-state index in [2.05, 4.69) is 37.6 Å². The lowest BCUT2D eigenvalue weighted by atomic mass is 10.0. The number of hydrogen-bond acceptors (Lipinski definition) is 14. The van der Waals surface area contributed by atoms with Gasteiger partial charge in [-0.25, -0.2) is 14.5 Å². The predicted molar refractivity (Wildman–Crippen MR) is 142 cm³/mol. The first kappa shape index (κ1) is 29.4. The maximum Gasteiger partial charge on any atom is 0.352 e. The summed E-state index contributed by atoms with van der Waals surface area (Å²) in [5.74, 6) is -2.02. The van der Waals surface area contributed by atoms with Crippen LogP contribution in [-0.2, 0) is 25.8 Å². The number of nitrogen functional groups attached to an aromatic ring is 1. The van der Waals surface area contributed by atoms with E-state index in [0.29, 0.717) is 16.5 Å². The molecule has 19 heteroatoms. The number of nitrogens with zero attached hydrogens (tertiary/aromatic N) is 7. The number of amides is 2. The molecule has 0 radical (unpaired) electrons. The van der Waals surface area contributed by atoms with Gasteiger partial charge < -0.3 is 26.1 Å². The number of hydrogen-bond donors (Lipinski definition) is 4. The van der Waals surface area contributed by atoms with Crippen LogP contribution in [0.2, 0.25) is 0 Å². The third-order valence-electron chi connectivity index (χ3n) is 5.05. The molecule has 2 aliphatic heterocycles. The second-order valence-electron chi connectivity index (χ2n) is 7.41. The molecular formula is C19H22ClN9O6S3. The van der Waals surface area contributed by atoms with Crippen molar-refractivity contribution in [3.63, 3.8) is 0 Å². The van der Waals surface area contributed by atoms with Gasteiger partial charge in [0.05, 0.1) is 13.2 Å². The van der Waals surface area contributed by atoms with Gasteiger partial charge in [0.25, 0.3) is 11.8 Å². The summed E-state index contributed by atoms with van der Waals surface area (Å²) in [5.41, 5.74) is 6.05. The number of tetrazole rings is 1. The van der Waals surface area contributed by atoms with E-state index in [9.17, 15) is 19.5 Å². The number of halogens is 1. The zero-order valence-corrected chi connectivity index (χ0v) is 22.7. The standard InChI is InChI=1S/C19H21N9O6S3.ClH/c1-2-5-34-24-11(10-8-36-18(20)21-10)14(30)22-12-15(31)28-13(17(32)33)9(6-35-16(12)28)7-37-19-23-25-26-27(19)3-4-29;/h2,8,12,16,29H,1,3-7H2,(H2,20,21)(H,22,30)(H,32,33);1H/t12?,16-;/m0./s1. The maximum absolute atomic E-state index is 13.0. The van der Waals surface area contributed by atoms with E-state index in [1.54, 1.807) is 0 Å². The van der Waals surface area contributed by atoms with Crippen LogP contribution in [-0.4, -0.2) is 99.9 Å². The quantitative estimate of drug-likeness (QED) is 0.0606. The monoisotopic (exact) mass is 603 g/mol. The van der Waals surface area contributed by atoms with Crippen LogP contribution in [0, 0.1) is 0 Å². The molecule has 15 nitrogen and oxygen atoms in total. The zero-order chi connectivity index (χ0) is 26.5. The number of aromatic nitrogens is 5. The van der Waals surface area contributed by atoms with E-state index in [-0.39, 0.29) is 60.2 Å². The van der Waals surface area contributed by atoms with Gasteiger partial charge in [0.1, 0.15) is 29.4 Å². The van der Waals surface area contributed by atoms with Crippen molar-refractivity contribution in [2.75, 3.05) is 30.5 Å². The van der Waals surface area contributed by atoms with Gasteiger partial charge in [-0.15, -0.1) is 40.6 Å². The molecule has 1 fully saturated rings. The lowest BCUT2D eigenvalue weighted by Gasteiger charge is -2.49. The predicted octanol–water partition coefficient (Wildman–Crippen LogP) is -0.436. The fourth-order valence-electron chi connectivity index (χ4n) is 3.45. The average Bonchev–Trinajstić information content (AvgIpc) is 3.51. The molecule has 2 atom stereocenters. The Kier molecular flexibility index (Phi) is 10.1. The van der Waals surface area contributed by atoms with Gasteiger partial charge in [-0.2, -0.15) is 0 Å². The number of carbonyl (C=O) groups is 3. The van der Waals surface area contributed by atoms with E-state index >= 15 is 0 Å². The summed E-state index contributed by atoms with van der Waals surface area (Å²) in [5, 5.41) is 38.2. The number of fused-ring (bicyclic) bond motifs is 1. The minimum Gasteiger partial charge on any atom is -0.477 e. The highest BCUT2D eigenvalue weighted by molar-refractivity contribution is 8.01. The lowest BCUT2D eigenvalue weighted by Crippen LogP contribution is -2.71. The first-order chi connectivity index (χ1) is 17.8. The number of thioether (sulfide) groups is 2. The third-order valence-corrected chi connectivity index (χ3v) is 8.11. The van der Waals surface area contributed by atoms with Crippen molar-refractivity contribution in [3.05, 3.63) is 35.0 Å². The highest BCUT2D eigenvalue weighted by Crippen LogP contribution is 2.41. The SMILES string of the molecule is C=CCON=C(C(=O)NC1C(=O)N2C(C(=O)O)=C(CSc3nnnn3CCO)CS[C@@H]12)c1csc(N)n1.Cl. The number of rotatable bonds is 12. The van der Waals surface area contributed by atoms with Crippen molar-refractivity contribution < 1.29 is 29.4 Å². The van der Waals surface area contributed by atoms with E-state index in [4.69, 9.17) is 15.7 Å². The molecule has 2 aliphatic rings. The second-order valence-corrected chi connectivity index (χ2v) is 10.3. The van der Waals surface area contributed by atoms with E-state index in [0.717, 1.165) is 11.3 Å². The van der Waals surface area contributed by atoms with Crippen LogP contribution < -0.4 is 11.1 Å². The number of anilines is 1. The van der Waals surface area contributed by atoms with Crippen LogP contribution in [0.4, 0.5) is 5.13 Å². The van der Waals surface area contributed by atoms with Crippen LogP contribution in [0.25, 0.3) is 0 Å². The van der Waals surface area contributed by atoms with Crippen LogP contribution >= 0.6 is 47.3 Å². The number of carboxylic acid groups (broad SMARTS) is 1. The Labute approximate surface area is 234 Å². The number of aliphatic carboxylic acids is 1. The van der Waals surface area contributed by atoms with Crippen molar-refractivity contribution in [3.8, 4) is 0 Å². The highest BCUT2D eigenvalue weighted by atomic mass is 35.5. The minimum atomic E-state index is -1.26. The molecule has 1 saturated heterocycles. The summed E-state index contributed by atoms with van der Waals surface area (Å²) in [7, 11) is 0. The fraction of sp³-hybridized carbons (Fsp3) is 0.368. The number of oxime groups is 1. The van der Waals surface area contributed by atoms with Crippen LogP contribution in [0.1, 0.15) is 5.69 Å². The summed E-state index contributed by atoms with van der Waals surface area (Å²) >= 11 is 3.62. The first-order valence-electron chi connectivity index (χ1n) is 10.6. The van der Waals surface area contributed by atoms with Crippen molar-refractivity contribution in [2.45, 2.75) is 23.1 Å². The second kappa shape index (κ2) is 13.1. The largest absolute Gasteiger partial charge is 0.477 e. The molecule has 1 unspecified atom stereocenters. The molecule has 5 N–H and O–H groups in total. The molecule has 0 saturated carbocycles. The van der Waals surface area contributed by atoms with Crippen molar-refractivity contribution >= 4 is 75.9 Å². The van der Waals surface area contributed by atoms with E-state index < -0.39 is 29.2 Å². The van der Waals surface area contributed by atoms with Gasteiger partial charge >= 0.3 is 5.97 Å². The van der Waals surface area contributed by atoms with Gasteiger partial charge in [-0.1, -0.05) is 29.6 Å². The molecule has 2 aromatic heterocycles. The summed E-state index contributed by atoms with van der Waals surface area (Å²) in [6, 6.07) is -0.974. The zero-order valence-electron chi connectivity index (χ0n) is 19.4. The first-order valence-corrected chi connectivity index (χ1v) is 13.5. The van der Waals surface area contributed by atoms with Gasteiger partial charge in [-0.05, 0) is 16.0 Å². The molecule has 38 heavy (non-hydrogen) atoms. The number of carbonyl (C=O) groups excluding carboxylic acids is 2. The Balaban J connectivity index is 0.00000400. The average molecular weight is 604 g/mol. The van der Waals surface area contributed by atoms with Gasteiger partial charge in [0, 0.05) is 16.9 Å². The number of aliphatic hydroxyl groups excluding tert-OH is 1. The molecule has 4 heterocycles. The summed E-state index contributed by atoms with van der Waals surface area (Å²) < 4.78 is 1.40. The molecule has 0 bridgehead atoms. The van der Waals surface area contributed by atoms with Gasteiger partial charge in [0.2, 0.25) is 5.16 Å². The summed E-state index contributed by atoms with van der Waals surface area (Å²) in [6.45, 7) is 3.60. The van der Waals surface area contributed by atoms with Crippen molar-refractivity contribution in [1.29, 1.82) is 0 Å². The smallest absolute Gasteiger partial charge is 0.352 e. The molecule has 2 amide bonds. The molecule has 0 aliphatic carbocycles.